The summed E-state index contributed by atoms with van der Waals surface area (Å²) in [5, 5.41) is 17.5. The first-order chi connectivity index (χ1) is 9.11. The SMILES string of the molecule is O[C@@H]1CN[C@@H](c2nc(-c3cc(Cl)cc(Cl)c3)no2)C1. The number of aliphatic hydroxyl groups excluding tert-OH is 1. The second-order valence-corrected chi connectivity index (χ2v) is 5.34. The maximum absolute atomic E-state index is 9.47. The van der Waals surface area contributed by atoms with E-state index in [1.54, 1.807) is 18.2 Å². The number of hydrogen-bond acceptors (Lipinski definition) is 5. The van der Waals surface area contributed by atoms with Crippen molar-refractivity contribution in [1.82, 2.24) is 15.5 Å². The van der Waals surface area contributed by atoms with Gasteiger partial charge in [-0.1, -0.05) is 28.4 Å². The van der Waals surface area contributed by atoms with E-state index in [0.29, 0.717) is 40.3 Å². The third-order valence-electron chi connectivity index (χ3n) is 2.97. The molecule has 3 rings (SSSR count). The molecule has 1 saturated heterocycles. The van der Waals surface area contributed by atoms with E-state index in [0.717, 1.165) is 0 Å². The fourth-order valence-corrected chi connectivity index (χ4v) is 2.61. The topological polar surface area (TPSA) is 71.2 Å². The highest BCUT2D eigenvalue weighted by atomic mass is 35.5. The minimum atomic E-state index is -0.374. The van der Waals surface area contributed by atoms with Gasteiger partial charge in [0.15, 0.2) is 0 Å². The molecule has 1 fully saturated rings. The average molecular weight is 300 g/mol. The minimum Gasteiger partial charge on any atom is -0.392 e. The van der Waals surface area contributed by atoms with Gasteiger partial charge >= 0.3 is 0 Å². The van der Waals surface area contributed by atoms with Crippen molar-refractivity contribution in [1.29, 1.82) is 0 Å². The van der Waals surface area contributed by atoms with Crippen LogP contribution in [-0.4, -0.2) is 27.9 Å². The lowest BCUT2D eigenvalue weighted by molar-refractivity contribution is 0.191. The Kier molecular flexibility index (Phi) is 3.45. The van der Waals surface area contributed by atoms with Crippen molar-refractivity contribution in [3.63, 3.8) is 0 Å². The van der Waals surface area contributed by atoms with Crippen molar-refractivity contribution in [2.24, 2.45) is 0 Å². The first-order valence-corrected chi connectivity index (χ1v) is 6.59. The van der Waals surface area contributed by atoms with Gasteiger partial charge in [-0.2, -0.15) is 4.98 Å². The van der Waals surface area contributed by atoms with Crippen molar-refractivity contribution in [2.75, 3.05) is 6.54 Å². The molecule has 1 aliphatic rings. The van der Waals surface area contributed by atoms with Crippen molar-refractivity contribution < 1.29 is 9.63 Å². The molecule has 2 N–H and O–H groups in total. The van der Waals surface area contributed by atoms with E-state index in [1.165, 1.54) is 0 Å². The van der Waals surface area contributed by atoms with Crippen LogP contribution < -0.4 is 5.32 Å². The molecule has 0 bridgehead atoms. The maximum atomic E-state index is 9.47. The molecule has 2 heterocycles. The van der Waals surface area contributed by atoms with Crippen LogP contribution >= 0.6 is 23.2 Å². The van der Waals surface area contributed by atoms with Gasteiger partial charge < -0.3 is 14.9 Å². The van der Waals surface area contributed by atoms with Crippen molar-refractivity contribution >= 4 is 23.2 Å². The average Bonchev–Trinajstić information content (AvgIpc) is 2.95. The highest BCUT2D eigenvalue weighted by Gasteiger charge is 2.28. The van der Waals surface area contributed by atoms with Gasteiger partial charge in [0.05, 0.1) is 12.1 Å². The molecule has 2 atom stereocenters. The lowest BCUT2D eigenvalue weighted by atomic mass is 10.2. The summed E-state index contributed by atoms with van der Waals surface area (Å²) in [5.74, 6) is 0.894. The quantitative estimate of drug-likeness (QED) is 0.891. The van der Waals surface area contributed by atoms with Crippen LogP contribution in [0.15, 0.2) is 22.7 Å². The Morgan fingerprint density at radius 2 is 2.00 bits per heavy atom. The summed E-state index contributed by atoms with van der Waals surface area (Å²) in [4.78, 5) is 4.31. The Morgan fingerprint density at radius 1 is 1.26 bits per heavy atom. The highest BCUT2D eigenvalue weighted by molar-refractivity contribution is 6.35. The van der Waals surface area contributed by atoms with Crippen molar-refractivity contribution in [3.05, 3.63) is 34.1 Å². The van der Waals surface area contributed by atoms with E-state index < -0.39 is 0 Å². The van der Waals surface area contributed by atoms with E-state index in [2.05, 4.69) is 15.5 Å². The standard InChI is InChI=1S/C12H11Cl2N3O2/c13-7-1-6(2-8(14)3-7)11-16-12(19-17-11)10-4-9(18)5-15-10/h1-3,9-10,15,18H,4-5H2/t9-,10+/m0/s1. The lowest BCUT2D eigenvalue weighted by Crippen LogP contribution is -2.15. The van der Waals surface area contributed by atoms with Crippen LogP contribution in [0.3, 0.4) is 0 Å². The smallest absolute Gasteiger partial charge is 0.244 e. The fourth-order valence-electron chi connectivity index (χ4n) is 2.08. The molecule has 7 heteroatoms. The summed E-state index contributed by atoms with van der Waals surface area (Å²) in [6, 6.07) is 4.98. The molecule has 1 aromatic carbocycles. The minimum absolute atomic E-state index is 0.106. The van der Waals surface area contributed by atoms with E-state index in [1.807, 2.05) is 0 Å². The molecule has 1 aliphatic heterocycles. The summed E-state index contributed by atoms with van der Waals surface area (Å²) in [5.41, 5.74) is 0.700. The first kappa shape index (κ1) is 12.9. The molecule has 100 valence electrons. The van der Waals surface area contributed by atoms with Gasteiger partial charge in [-0.25, -0.2) is 0 Å². The van der Waals surface area contributed by atoms with E-state index in [9.17, 15) is 5.11 Å². The molecule has 0 saturated carbocycles. The van der Waals surface area contributed by atoms with Crippen LogP contribution in [-0.2, 0) is 0 Å². The number of aromatic nitrogens is 2. The molecule has 0 aliphatic carbocycles. The first-order valence-electron chi connectivity index (χ1n) is 5.83. The van der Waals surface area contributed by atoms with Gasteiger partial charge in [0.25, 0.3) is 0 Å². The Balaban J connectivity index is 1.88. The highest BCUT2D eigenvalue weighted by Crippen LogP contribution is 2.28. The third-order valence-corrected chi connectivity index (χ3v) is 3.40. The molecule has 0 unspecified atom stereocenters. The van der Waals surface area contributed by atoms with Gasteiger partial charge in [-0.15, -0.1) is 0 Å². The number of nitrogens with zero attached hydrogens (tertiary/aromatic N) is 2. The van der Waals surface area contributed by atoms with Crippen LogP contribution in [0.2, 0.25) is 10.0 Å². The Hall–Kier alpha value is -1.14. The van der Waals surface area contributed by atoms with E-state index in [4.69, 9.17) is 27.7 Å². The number of halogens is 2. The normalized spacial score (nSPS) is 22.9. The zero-order valence-electron chi connectivity index (χ0n) is 9.81. The van der Waals surface area contributed by atoms with Crippen molar-refractivity contribution in [2.45, 2.75) is 18.6 Å². The van der Waals surface area contributed by atoms with E-state index >= 15 is 0 Å². The van der Waals surface area contributed by atoms with Gasteiger partial charge in [-0.3, -0.25) is 0 Å². The predicted molar refractivity (Wildman–Crippen MR) is 71.1 cm³/mol. The predicted octanol–water partition coefficient (Wildman–Crippen LogP) is 2.44. The molecule has 5 nitrogen and oxygen atoms in total. The second kappa shape index (κ2) is 5.09. The molecule has 0 radical (unpaired) electrons. The Morgan fingerprint density at radius 3 is 2.63 bits per heavy atom. The number of aliphatic hydroxyl groups is 1. The van der Waals surface area contributed by atoms with E-state index in [-0.39, 0.29) is 12.1 Å². The van der Waals surface area contributed by atoms with Crippen LogP contribution in [0.5, 0.6) is 0 Å². The van der Waals surface area contributed by atoms with Gasteiger partial charge in [0, 0.05) is 22.2 Å². The number of β-amino-alcohol motifs (C(OH)–C–C–N with tert-alkyl or cyclic N) is 1. The number of rotatable bonds is 2. The van der Waals surface area contributed by atoms with Crippen LogP contribution in [0.4, 0.5) is 0 Å². The van der Waals surface area contributed by atoms with Crippen LogP contribution in [0.25, 0.3) is 11.4 Å². The van der Waals surface area contributed by atoms with Gasteiger partial charge in [-0.05, 0) is 24.6 Å². The number of nitrogens with one attached hydrogen (secondary N) is 1. The van der Waals surface area contributed by atoms with Crippen LogP contribution in [0.1, 0.15) is 18.4 Å². The summed E-state index contributed by atoms with van der Waals surface area (Å²) < 4.78 is 5.21. The van der Waals surface area contributed by atoms with Gasteiger partial charge in [0.1, 0.15) is 0 Å². The molecule has 1 aromatic heterocycles. The number of benzene rings is 1. The second-order valence-electron chi connectivity index (χ2n) is 4.46. The summed E-state index contributed by atoms with van der Waals surface area (Å²) in [6.45, 7) is 0.533. The fraction of sp³-hybridized carbons (Fsp3) is 0.333. The molecule has 19 heavy (non-hydrogen) atoms. The molecule has 2 aromatic rings. The molecule has 0 spiro atoms. The molecule has 0 amide bonds. The third kappa shape index (κ3) is 2.74. The molecular weight excluding hydrogens is 289 g/mol. The van der Waals surface area contributed by atoms with Gasteiger partial charge in [0.2, 0.25) is 11.7 Å². The summed E-state index contributed by atoms with van der Waals surface area (Å²) in [6.07, 6.45) is 0.193. The zero-order valence-corrected chi connectivity index (χ0v) is 11.3. The zero-order chi connectivity index (χ0) is 13.4. The largest absolute Gasteiger partial charge is 0.392 e. The number of hydrogen-bond donors (Lipinski definition) is 2. The lowest BCUT2D eigenvalue weighted by Gasteiger charge is -2.01. The Labute approximate surface area is 119 Å². The monoisotopic (exact) mass is 299 g/mol. The maximum Gasteiger partial charge on any atom is 0.244 e. The summed E-state index contributed by atoms with van der Waals surface area (Å²) >= 11 is 11.9. The Bertz CT molecular complexity index is 582. The summed E-state index contributed by atoms with van der Waals surface area (Å²) in [7, 11) is 0. The van der Waals surface area contributed by atoms with Crippen LogP contribution in [0, 0.1) is 0 Å². The molecular formula is C12H11Cl2N3O2. The van der Waals surface area contributed by atoms with Crippen molar-refractivity contribution in [3.8, 4) is 11.4 Å².